The Kier molecular flexibility index (Phi) is 9.17. The number of rotatable bonds is 8. The van der Waals surface area contributed by atoms with Crippen LogP contribution in [-0.4, -0.2) is 4.57 Å². The van der Waals surface area contributed by atoms with E-state index in [0.717, 1.165) is 66.8 Å². The van der Waals surface area contributed by atoms with Gasteiger partial charge in [-0.15, -0.1) is 0 Å². The Morgan fingerprint density at radius 3 is 1.31 bits per heavy atom. The van der Waals surface area contributed by atoms with Gasteiger partial charge in [-0.05, 0) is 129 Å². The van der Waals surface area contributed by atoms with Crippen LogP contribution in [0.5, 0.6) is 0 Å². The van der Waals surface area contributed by atoms with Gasteiger partial charge in [-0.25, -0.2) is 0 Å². The fraction of sp³-hybridized carbons (Fsp3) is 0. The molecule has 13 rings (SSSR count). The van der Waals surface area contributed by atoms with Crippen molar-refractivity contribution < 1.29 is 4.42 Å². The van der Waals surface area contributed by atoms with Gasteiger partial charge < -0.3 is 13.9 Å². The topological polar surface area (TPSA) is 21.3 Å². The number of aromatic nitrogens is 1. The van der Waals surface area contributed by atoms with Crippen molar-refractivity contribution in [3.63, 3.8) is 0 Å². The van der Waals surface area contributed by atoms with E-state index in [4.69, 9.17) is 4.42 Å². The number of nitrogens with zero attached hydrogens (tertiary/aromatic N) is 2. The summed E-state index contributed by atoms with van der Waals surface area (Å²) >= 11 is 0. The molecule has 0 bridgehead atoms. The van der Waals surface area contributed by atoms with Gasteiger partial charge in [-0.1, -0.05) is 176 Å². The molecule has 0 aliphatic carbocycles. The number of hydrogen-bond acceptors (Lipinski definition) is 2. The third-order valence-electron chi connectivity index (χ3n) is 13.4. The van der Waals surface area contributed by atoms with Gasteiger partial charge in [0.1, 0.15) is 11.2 Å². The highest BCUT2D eigenvalue weighted by atomic mass is 16.3. The summed E-state index contributed by atoms with van der Waals surface area (Å²) in [4.78, 5) is 2.35. The van der Waals surface area contributed by atoms with E-state index in [1.165, 1.54) is 55.0 Å². The third kappa shape index (κ3) is 6.76. The molecule has 314 valence electrons. The van der Waals surface area contributed by atoms with Crippen LogP contribution < -0.4 is 4.90 Å². The lowest BCUT2D eigenvalue weighted by Gasteiger charge is -2.26. The monoisotopic (exact) mass is 854 g/mol. The SMILES string of the molecule is c1ccc(-c2ccc(-c3ccc(N(c4ccc(-c5cccc(-n6c7ccccc7c7ccccc76)c5)cc4)c4ccc(-c5ccc6c(c5)oc5c7ccccc7ccc65)cc4)cc3)cc2)cc1. The predicted molar refractivity (Wildman–Crippen MR) is 282 cm³/mol. The number of fused-ring (bicyclic) bond motifs is 8. The van der Waals surface area contributed by atoms with Crippen molar-refractivity contribution in [1.29, 1.82) is 0 Å². The second kappa shape index (κ2) is 16.0. The van der Waals surface area contributed by atoms with E-state index in [9.17, 15) is 0 Å². The Balaban J connectivity index is 0.854. The molecule has 0 aliphatic heterocycles. The van der Waals surface area contributed by atoms with Crippen molar-refractivity contribution >= 4 is 71.6 Å². The highest BCUT2D eigenvalue weighted by molar-refractivity contribution is 6.15. The molecule has 0 aliphatic rings. The maximum atomic E-state index is 6.56. The quantitative estimate of drug-likeness (QED) is 0.152. The van der Waals surface area contributed by atoms with Crippen LogP contribution in [0.4, 0.5) is 17.1 Å². The number of furan rings is 1. The first-order valence-electron chi connectivity index (χ1n) is 22.9. The average Bonchev–Trinajstić information content (AvgIpc) is 3.96. The lowest BCUT2D eigenvalue weighted by molar-refractivity contribution is 0.673. The van der Waals surface area contributed by atoms with Crippen LogP contribution in [0.15, 0.2) is 259 Å². The molecule has 0 spiro atoms. The molecule has 0 unspecified atom stereocenters. The molecule has 0 radical (unpaired) electrons. The molecule has 0 atom stereocenters. The third-order valence-corrected chi connectivity index (χ3v) is 13.4. The summed E-state index contributed by atoms with van der Waals surface area (Å²) in [5, 5.41) is 7.11. The Hall–Kier alpha value is -8.92. The number of anilines is 3. The van der Waals surface area contributed by atoms with Gasteiger partial charge in [0.15, 0.2) is 0 Å². The summed E-state index contributed by atoms with van der Waals surface area (Å²) in [6.07, 6.45) is 0. The standard InChI is InChI=1S/C64H42N2O/c1-2-11-43(12-3-1)44-21-23-45(24-22-44)46-25-33-52(34-26-46)65(54-37-29-48(30-38-54)51-32-39-59-60-40-31-49-13-4-5-16-56(49)64(60)67-63(59)42-51)53-35-27-47(28-36-53)50-14-10-15-55(41-50)66-61-19-8-6-17-57(61)58-18-7-9-20-62(58)66/h1-42H. The molecule has 67 heavy (non-hydrogen) atoms. The lowest BCUT2D eigenvalue weighted by Crippen LogP contribution is -2.09. The van der Waals surface area contributed by atoms with Gasteiger partial charge >= 0.3 is 0 Å². The van der Waals surface area contributed by atoms with Crippen LogP contribution in [0.25, 0.3) is 105 Å². The molecule has 0 amide bonds. The summed E-state index contributed by atoms with van der Waals surface area (Å²) in [6.45, 7) is 0. The van der Waals surface area contributed by atoms with Gasteiger partial charge in [0.2, 0.25) is 0 Å². The second-order valence-corrected chi connectivity index (χ2v) is 17.3. The molecule has 13 aromatic rings. The minimum absolute atomic E-state index is 0.894. The molecule has 2 aromatic heterocycles. The maximum Gasteiger partial charge on any atom is 0.143 e. The van der Waals surface area contributed by atoms with E-state index in [1.807, 2.05) is 0 Å². The first kappa shape index (κ1) is 38.5. The Labute approximate surface area is 388 Å². The first-order valence-corrected chi connectivity index (χ1v) is 22.9. The van der Waals surface area contributed by atoms with E-state index in [-0.39, 0.29) is 0 Å². The Morgan fingerprint density at radius 1 is 0.284 bits per heavy atom. The van der Waals surface area contributed by atoms with Gasteiger partial charge in [-0.2, -0.15) is 0 Å². The molecule has 3 nitrogen and oxygen atoms in total. The summed E-state index contributed by atoms with van der Waals surface area (Å²) in [6, 6.07) is 91.8. The van der Waals surface area contributed by atoms with E-state index < -0.39 is 0 Å². The fourth-order valence-corrected chi connectivity index (χ4v) is 10.1. The molecular formula is C64H42N2O. The largest absolute Gasteiger partial charge is 0.455 e. The fourth-order valence-electron chi connectivity index (χ4n) is 10.1. The van der Waals surface area contributed by atoms with Crippen LogP contribution in [-0.2, 0) is 0 Å². The Bertz CT molecular complexity index is 3880. The zero-order chi connectivity index (χ0) is 44.3. The molecule has 2 heterocycles. The molecule has 3 heteroatoms. The van der Waals surface area contributed by atoms with E-state index >= 15 is 0 Å². The number of para-hydroxylation sites is 2. The highest BCUT2D eigenvalue weighted by Gasteiger charge is 2.17. The summed E-state index contributed by atoms with van der Waals surface area (Å²) in [7, 11) is 0. The van der Waals surface area contributed by atoms with Crippen molar-refractivity contribution in [2.24, 2.45) is 0 Å². The molecule has 0 saturated heterocycles. The molecule has 0 saturated carbocycles. The van der Waals surface area contributed by atoms with Crippen LogP contribution in [0.3, 0.4) is 0 Å². The van der Waals surface area contributed by atoms with Crippen LogP contribution in [0.2, 0.25) is 0 Å². The molecule has 0 N–H and O–H groups in total. The lowest BCUT2D eigenvalue weighted by atomic mass is 9.99. The maximum absolute atomic E-state index is 6.56. The molecular weight excluding hydrogens is 813 g/mol. The van der Waals surface area contributed by atoms with Gasteiger partial charge in [0.05, 0.1) is 11.0 Å². The summed E-state index contributed by atoms with van der Waals surface area (Å²) in [5.74, 6) is 0. The van der Waals surface area contributed by atoms with E-state index in [2.05, 4.69) is 264 Å². The molecule has 11 aromatic carbocycles. The van der Waals surface area contributed by atoms with Crippen molar-refractivity contribution in [2.75, 3.05) is 4.90 Å². The van der Waals surface area contributed by atoms with Crippen molar-refractivity contribution in [1.82, 2.24) is 4.57 Å². The second-order valence-electron chi connectivity index (χ2n) is 17.3. The number of benzene rings is 11. The van der Waals surface area contributed by atoms with Gasteiger partial charge in [-0.3, -0.25) is 0 Å². The predicted octanol–water partition coefficient (Wildman–Crippen LogP) is 18.0. The first-order chi connectivity index (χ1) is 33.2. The van der Waals surface area contributed by atoms with Crippen molar-refractivity contribution in [3.05, 3.63) is 255 Å². The van der Waals surface area contributed by atoms with E-state index in [0.29, 0.717) is 0 Å². The van der Waals surface area contributed by atoms with Crippen LogP contribution >= 0.6 is 0 Å². The molecule has 0 fully saturated rings. The smallest absolute Gasteiger partial charge is 0.143 e. The minimum Gasteiger partial charge on any atom is -0.455 e. The Morgan fingerprint density at radius 2 is 0.716 bits per heavy atom. The summed E-state index contributed by atoms with van der Waals surface area (Å²) in [5.41, 5.74) is 18.0. The summed E-state index contributed by atoms with van der Waals surface area (Å²) < 4.78 is 8.95. The van der Waals surface area contributed by atoms with Crippen molar-refractivity contribution in [2.45, 2.75) is 0 Å². The van der Waals surface area contributed by atoms with E-state index in [1.54, 1.807) is 0 Å². The minimum atomic E-state index is 0.894. The van der Waals surface area contributed by atoms with Crippen LogP contribution in [0.1, 0.15) is 0 Å². The normalized spacial score (nSPS) is 11.6. The zero-order valence-electron chi connectivity index (χ0n) is 36.6. The highest BCUT2D eigenvalue weighted by Crippen LogP contribution is 2.41. The zero-order valence-corrected chi connectivity index (χ0v) is 36.6. The van der Waals surface area contributed by atoms with Gasteiger partial charge in [0, 0.05) is 49.7 Å². The average molecular weight is 855 g/mol. The van der Waals surface area contributed by atoms with Crippen molar-refractivity contribution in [3.8, 4) is 50.2 Å². The van der Waals surface area contributed by atoms with Gasteiger partial charge in [0.25, 0.3) is 0 Å². The number of hydrogen-bond donors (Lipinski definition) is 0. The van der Waals surface area contributed by atoms with Crippen LogP contribution in [0, 0.1) is 0 Å².